The first-order valence-electron chi connectivity index (χ1n) is 5.30. The van der Waals surface area contributed by atoms with Crippen LogP contribution in [0.2, 0.25) is 0 Å². The Morgan fingerprint density at radius 1 is 1.27 bits per heavy atom. The maximum atomic E-state index is 10.9. The van der Waals surface area contributed by atoms with Crippen LogP contribution in [0, 0.1) is 12.8 Å². The fraction of sp³-hybridized carbons (Fsp3) is 0.357. The highest BCUT2D eigenvalue weighted by atomic mass is 16.1. The number of carbonyl (C=O) groups excluding carboxylic acids is 1. The summed E-state index contributed by atoms with van der Waals surface area (Å²) in [6.07, 6.45) is 0.946. The molecule has 0 aliphatic carbocycles. The van der Waals surface area contributed by atoms with Crippen molar-refractivity contribution in [1.82, 2.24) is 0 Å². The second-order valence-corrected chi connectivity index (χ2v) is 4.18. The summed E-state index contributed by atoms with van der Waals surface area (Å²) >= 11 is 0. The Morgan fingerprint density at radius 3 is 2.33 bits per heavy atom. The van der Waals surface area contributed by atoms with E-state index in [1.54, 1.807) is 0 Å². The molecule has 0 atom stereocenters. The molecule has 1 aromatic rings. The summed E-state index contributed by atoms with van der Waals surface area (Å²) in [5.41, 5.74) is 4.40. The van der Waals surface area contributed by atoms with Gasteiger partial charge in [0.1, 0.15) is 6.29 Å². The molecule has 80 valence electrons. The van der Waals surface area contributed by atoms with Gasteiger partial charge in [0.2, 0.25) is 0 Å². The minimum atomic E-state index is 0.372. The molecular weight excluding hydrogens is 184 g/mol. The summed E-state index contributed by atoms with van der Waals surface area (Å²) in [7, 11) is 0. The molecule has 0 aliphatic rings. The van der Waals surface area contributed by atoms with Crippen LogP contribution < -0.4 is 0 Å². The zero-order chi connectivity index (χ0) is 11.4. The van der Waals surface area contributed by atoms with Crippen LogP contribution in [0.5, 0.6) is 0 Å². The third-order valence-electron chi connectivity index (χ3n) is 2.61. The lowest BCUT2D eigenvalue weighted by Crippen LogP contribution is -2.00. The number of hydrogen-bond acceptors (Lipinski definition) is 1. The number of allylic oxidation sites excluding steroid dienone is 2. The Kier molecular flexibility index (Phi) is 3.84. The smallest absolute Gasteiger partial charge is 0.146 e. The minimum absolute atomic E-state index is 0.372. The highest BCUT2D eigenvalue weighted by Crippen LogP contribution is 2.28. The summed E-state index contributed by atoms with van der Waals surface area (Å²) in [6, 6.07) is 8.20. The quantitative estimate of drug-likeness (QED) is 0.540. The van der Waals surface area contributed by atoms with E-state index in [-0.39, 0.29) is 0 Å². The number of aldehydes is 1. The van der Waals surface area contributed by atoms with Crippen LogP contribution in [0.1, 0.15) is 31.9 Å². The fourth-order valence-electron chi connectivity index (χ4n) is 1.92. The lowest BCUT2D eigenvalue weighted by atomic mass is 9.89. The maximum absolute atomic E-state index is 10.9. The van der Waals surface area contributed by atoms with Crippen molar-refractivity contribution < 1.29 is 4.79 Å². The van der Waals surface area contributed by atoms with Crippen LogP contribution in [0.15, 0.2) is 29.8 Å². The van der Waals surface area contributed by atoms with E-state index in [1.807, 2.05) is 19.1 Å². The second-order valence-electron chi connectivity index (χ2n) is 4.18. The number of hydrogen-bond donors (Lipinski definition) is 0. The molecule has 0 saturated carbocycles. The summed E-state index contributed by atoms with van der Waals surface area (Å²) in [6.45, 7) is 8.20. The molecule has 0 unspecified atom stereocenters. The molecule has 0 aliphatic heterocycles. The fourth-order valence-corrected chi connectivity index (χ4v) is 1.92. The Morgan fingerprint density at radius 2 is 1.87 bits per heavy atom. The molecule has 1 heteroatoms. The molecule has 0 saturated heterocycles. The van der Waals surface area contributed by atoms with Crippen LogP contribution in [-0.4, -0.2) is 6.29 Å². The van der Waals surface area contributed by atoms with E-state index in [0.717, 1.165) is 17.4 Å². The largest absolute Gasteiger partial charge is 0.298 e. The molecule has 1 aromatic carbocycles. The lowest BCUT2D eigenvalue weighted by molar-refractivity contribution is -0.104. The van der Waals surface area contributed by atoms with Crippen LogP contribution in [0.4, 0.5) is 0 Å². The predicted octanol–water partition coefficient (Wildman–Crippen LogP) is 3.62. The Bertz CT molecular complexity index is 386. The number of rotatable bonds is 3. The van der Waals surface area contributed by atoms with Crippen molar-refractivity contribution in [2.24, 2.45) is 5.92 Å². The monoisotopic (exact) mass is 202 g/mol. The molecule has 0 spiro atoms. The zero-order valence-electron chi connectivity index (χ0n) is 9.87. The maximum Gasteiger partial charge on any atom is 0.146 e. The van der Waals surface area contributed by atoms with Crippen LogP contribution in [-0.2, 0) is 4.79 Å². The van der Waals surface area contributed by atoms with E-state index in [0.29, 0.717) is 5.92 Å². The van der Waals surface area contributed by atoms with Crippen molar-refractivity contribution in [3.8, 4) is 0 Å². The van der Waals surface area contributed by atoms with Gasteiger partial charge in [0, 0.05) is 0 Å². The van der Waals surface area contributed by atoms with E-state index in [2.05, 4.69) is 32.9 Å². The van der Waals surface area contributed by atoms with Gasteiger partial charge in [-0.25, -0.2) is 0 Å². The predicted molar refractivity (Wildman–Crippen MR) is 64.7 cm³/mol. The normalized spacial score (nSPS) is 12.6. The average Bonchev–Trinajstić information content (AvgIpc) is 2.20. The number of aryl methyl sites for hydroxylation is 1. The Labute approximate surface area is 91.8 Å². The minimum Gasteiger partial charge on any atom is -0.298 e. The second kappa shape index (κ2) is 4.92. The van der Waals surface area contributed by atoms with Gasteiger partial charge in [-0.2, -0.15) is 0 Å². The van der Waals surface area contributed by atoms with Gasteiger partial charge in [0.25, 0.3) is 0 Å². The summed E-state index contributed by atoms with van der Waals surface area (Å²) in [5, 5.41) is 0. The van der Waals surface area contributed by atoms with Crippen LogP contribution in [0.3, 0.4) is 0 Å². The summed E-state index contributed by atoms with van der Waals surface area (Å²) in [5.74, 6) is 0.372. The van der Waals surface area contributed by atoms with E-state index < -0.39 is 0 Å². The number of benzene rings is 1. The third-order valence-corrected chi connectivity index (χ3v) is 2.61. The molecule has 0 aromatic heterocycles. The van der Waals surface area contributed by atoms with Gasteiger partial charge < -0.3 is 0 Å². The highest BCUT2D eigenvalue weighted by Gasteiger charge is 2.11. The van der Waals surface area contributed by atoms with Crippen molar-refractivity contribution in [2.75, 3.05) is 0 Å². The van der Waals surface area contributed by atoms with Crippen molar-refractivity contribution in [3.63, 3.8) is 0 Å². The van der Waals surface area contributed by atoms with Gasteiger partial charge in [-0.1, -0.05) is 38.1 Å². The van der Waals surface area contributed by atoms with Gasteiger partial charge in [-0.15, -0.1) is 0 Å². The SMILES string of the molecule is C/C(C=O)=C(/c1ccccc1C)C(C)C. The molecule has 0 heterocycles. The molecule has 0 fully saturated rings. The van der Waals surface area contributed by atoms with Crippen molar-refractivity contribution in [2.45, 2.75) is 27.7 Å². The van der Waals surface area contributed by atoms with E-state index in [9.17, 15) is 4.79 Å². The van der Waals surface area contributed by atoms with Gasteiger partial charge in [-0.3, -0.25) is 4.79 Å². The first-order valence-corrected chi connectivity index (χ1v) is 5.30. The first-order chi connectivity index (χ1) is 7.07. The van der Waals surface area contributed by atoms with Gasteiger partial charge in [0.05, 0.1) is 0 Å². The van der Waals surface area contributed by atoms with E-state index >= 15 is 0 Å². The Hall–Kier alpha value is -1.37. The highest BCUT2D eigenvalue weighted by molar-refractivity contribution is 5.88. The molecule has 0 amide bonds. The van der Waals surface area contributed by atoms with Gasteiger partial charge in [0.15, 0.2) is 0 Å². The lowest BCUT2D eigenvalue weighted by Gasteiger charge is -2.15. The first kappa shape index (κ1) is 11.7. The summed E-state index contributed by atoms with van der Waals surface area (Å²) < 4.78 is 0. The van der Waals surface area contributed by atoms with Crippen LogP contribution >= 0.6 is 0 Å². The summed E-state index contributed by atoms with van der Waals surface area (Å²) in [4.78, 5) is 10.9. The molecule has 1 rings (SSSR count). The van der Waals surface area contributed by atoms with Crippen molar-refractivity contribution in [1.29, 1.82) is 0 Å². The molecular formula is C14H18O. The molecule has 0 bridgehead atoms. The molecule has 1 nitrogen and oxygen atoms in total. The number of carbonyl (C=O) groups is 1. The van der Waals surface area contributed by atoms with E-state index in [1.165, 1.54) is 11.1 Å². The van der Waals surface area contributed by atoms with Crippen LogP contribution in [0.25, 0.3) is 5.57 Å². The topological polar surface area (TPSA) is 17.1 Å². The van der Waals surface area contributed by atoms with Crippen molar-refractivity contribution in [3.05, 3.63) is 41.0 Å². The standard InChI is InChI=1S/C14H18O/c1-10(2)14(12(4)9-15)13-8-6-5-7-11(13)3/h5-10H,1-4H3/b14-12-. The van der Waals surface area contributed by atoms with E-state index in [4.69, 9.17) is 0 Å². The average molecular weight is 202 g/mol. The molecule has 0 N–H and O–H groups in total. The van der Waals surface area contributed by atoms with Gasteiger partial charge >= 0.3 is 0 Å². The van der Waals surface area contributed by atoms with Crippen molar-refractivity contribution >= 4 is 11.9 Å². The molecule has 15 heavy (non-hydrogen) atoms. The zero-order valence-corrected chi connectivity index (χ0v) is 9.87. The Balaban J connectivity index is 3.35. The van der Waals surface area contributed by atoms with Gasteiger partial charge in [-0.05, 0) is 42.0 Å². The third kappa shape index (κ3) is 2.56. The molecule has 0 radical (unpaired) electrons.